The van der Waals surface area contributed by atoms with E-state index in [9.17, 15) is 9.59 Å². The van der Waals surface area contributed by atoms with Crippen LogP contribution in [0.5, 0.6) is 0 Å². The highest BCUT2D eigenvalue weighted by atomic mass is 16.2. The smallest absolute Gasteiger partial charge is 0.322 e. The Morgan fingerprint density at radius 3 is 2.70 bits per heavy atom. The summed E-state index contributed by atoms with van der Waals surface area (Å²) in [5, 5.41) is 0. The zero-order valence-corrected chi connectivity index (χ0v) is 15.2. The van der Waals surface area contributed by atoms with Gasteiger partial charge in [0.15, 0.2) is 11.5 Å². The number of aromatic nitrogens is 5. The van der Waals surface area contributed by atoms with Crippen molar-refractivity contribution in [1.82, 2.24) is 24.5 Å². The summed E-state index contributed by atoms with van der Waals surface area (Å²) in [6, 6.07) is 7.95. The van der Waals surface area contributed by atoms with E-state index in [1.54, 1.807) is 6.20 Å². The lowest BCUT2D eigenvalue weighted by Gasteiger charge is -2.17. The summed E-state index contributed by atoms with van der Waals surface area (Å²) in [6.07, 6.45) is 5.25. The summed E-state index contributed by atoms with van der Waals surface area (Å²) in [7, 11) is 0. The second-order valence-electron chi connectivity index (χ2n) is 6.70. The molecule has 7 nitrogen and oxygen atoms in total. The summed E-state index contributed by atoms with van der Waals surface area (Å²) in [4.78, 5) is 38.9. The van der Waals surface area contributed by atoms with Crippen LogP contribution in [0.3, 0.4) is 0 Å². The van der Waals surface area contributed by atoms with Crippen molar-refractivity contribution >= 4 is 11.0 Å². The molecule has 0 amide bonds. The monoisotopic (exact) mass is 361 g/mol. The van der Waals surface area contributed by atoms with Gasteiger partial charge >= 0.3 is 5.69 Å². The van der Waals surface area contributed by atoms with Crippen LogP contribution in [0.1, 0.15) is 23.1 Å². The van der Waals surface area contributed by atoms with Gasteiger partial charge in [0.1, 0.15) is 0 Å². The molecule has 3 heterocycles. The molecule has 136 valence electrons. The van der Waals surface area contributed by atoms with Gasteiger partial charge in [0, 0.05) is 18.9 Å². The van der Waals surface area contributed by atoms with Crippen molar-refractivity contribution in [3.63, 3.8) is 0 Å². The van der Waals surface area contributed by atoms with E-state index in [0.717, 1.165) is 40.6 Å². The van der Waals surface area contributed by atoms with Gasteiger partial charge in [0.2, 0.25) is 0 Å². The highest BCUT2D eigenvalue weighted by molar-refractivity contribution is 5.81. The van der Waals surface area contributed by atoms with Gasteiger partial charge in [-0.1, -0.05) is 6.07 Å². The Hall–Kier alpha value is -3.35. The van der Waals surface area contributed by atoms with Gasteiger partial charge in [-0.25, -0.2) is 9.78 Å². The molecule has 1 N–H and O–H groups in total. The lowest BCUT2D eigenvalue weighted by atomic mass is 10.1. The van der Waals surface area contributed by atoms with Crippen molar-refractivity contribution in [2.75, 3.05) is 0 Å². The molecule has 2 aromatic rings. The van der Waals surface area contributed by atoms with E-state index in [4.69, 9.17) is 0 Å². The molecular formula is C20H19N5O2. The third-order valence-corrected chi connectivity index (χ3v) is 4.79. The Bertz CT molecular complexity index is 1210. The van der Waals surface area contributed by atoms with Gasteiger partial charge < -0.3 is 4.57 Å². The average molecular weight is 361 g/mol. The van der Waals surface area contributed by atoms with Crippen LogP contribution in [-0.4, -0.2) is 24.5 Å². The number of aryl methyl sites for hydroxylation is 4. The Morgan fingerprint density at radius 2 is 1.93 bits per heavy atom. The third kappa shape index (κ3) is 3.23. The Balaban J connectivity index is 1.85. The number of nitrogens with one attached hydrogen (secondary N) is 1. The molecule has 0 fully saturated rings. The molecule has 0 atom stereocenters. The van der Waals surface area contributed by atoms with Gasteiger partial charge in [0.25, 0.3) is 5.56 Å². The van der Waals surface area contributed by atoms with Crippen LogP contribution in [0.25, 0.3) is 22.6 Å². The molecular weight excluding hydrogens is 342 g/mol. The van der Waals surface area contributed by atoms with Crippen LogP contribution < -0.4 is 11.2 Å². The van der Waals surface area contributed by atoms with Gasteiger partial charge in [-0.15, -0.1) is 0 Å². The van der Waals surface area contributed by atoms with E-state index in [-0.39, 0.29) is 5.69 Å². The molecule has 27 heavy (non-hydrogen) atoms. The first-order valence-corrected chi connectivity index (χ1v) is 8.83. The summed E-state index contributed by atoms with van der Waals surface area (Å²) in [5.74, 6) is 0.325. The van der Waals surface area contributed by atoms with Gasteiger partial charge in [-0.05, 0) is 61.6 Å². The van der Waals surface area contributed by atoms with E-state index in [1.807, 2.05) is 48.9 Å². The van der Waals surface area contributed by atoms with Gasteiger partial charge in [0.05, 0.1) is 11.0 Å². The molecule has 0 radical (unpaired) electrons. The van der Waals surface area contributed by atoms with Gasteiger partial charge in [-0.2, -0.15) is 4.98 Å². The minimum Gasteiger partial charge on any atom is -0.322 e. The van der Waals surface area contributed by atoms with E-state index in [0.29, 0.717) is 12.4 Å². The first-order valence-electron chi connectivity index (χ1n) is 8.83. The maximum absolute atomic E-state index is 12.3. The van der Waals surface area contributed by atoms with E-state index in [1.165, 1.54) is 0 Å². The predicted octanol–water partition coefficient (Wildman–Crippen LogP) is 2.23. The van der Waals surface area contributed by atoms with Crippen molar-refractivity contribution < 1.29 is 0 Å². The Morgan fingerprint density at radius 1 is 1.11 bits per heavy atom. The molecule has 2 aliphatic heterocycles. The van der Waals surface area contributed by atoms with E-state index in [2.05, 4.69) is 19.9 Å². The molecule has 2 aliphatic rings. The van der Waals surface area contributed by atoms with Crippen LogP contribution in [0.15, 0.2) is 46.2 Å². The van der Waals surface area contributed by atoms with Crippen LogP contribution >= 0.6 is 0 Å². The fraction of sp³-hybridized carbons (Fsp3) is 0.250. The first kappa shape index (κ1) is 17.1. The number of benzene rings is 1. The van der Waals surface area contributed by atoms with Crippen molar-refractivity contribution in [1.29, 1.82) is 0 Å². The molecule has 0 saturated heterocycles. The third-order valence-electron chi connectivity index (χ3n) is 4.79. The number of nitrogens with zero attached hydrogens (tertiary/aromatic N) is 4. The Labute approximate surface area is 155 Å². The van der Waals surface area contributed by atoms with Crippen molar-refractivity contribution in [2.24, 2.45) is 0 Å². The van der Waals surface area contributed by atoms with E-state index >= 15 is 0 Å². The minimum atomic E-state index is -0.654. The molecule has 4 rings (SSSR count). The van der Waals surface area contributed by atoms with Crippen LogP contribution in [0.2, 0.25) is 0 Å². The highest BCUT2D eigenvalue weighted by Crippen LogP contribution is 2.24. The lowest BCUT2D eigenvalue weighted by molar-refractivity contribution is 0.648. The summed E-state index contributed by atoms with van der Waals surface area (Å²) >= 11 is 0. The number of H-pyrrole nitrogens is 1. The maximum atomic E-state index is 12.3. The quantitative estimate of drug-likeness (QED) is 0.563. The fourth-order valence-electron chi connectivity index (χ4n) is 3.26. The maximum Gasteiger partial charge on any atom is 0.349 e. The molecule has 0 bridgehead atoms. The zero-order chi connectivity index (χ0) is 19.0. The van der Waals surface area contributed by atoms with Crippen molar-refractivity contribution in [3.8, 4) is 11.5 Å². The van der Waals surface area contributed by atoms with Crippen molar-refractivity contribution in [2.45, 2.75) is 33.2 Å². The summed E-state index contributed by atoms with van der Waals surface area (Å²) in [6.45, 7) is 4.66. The second kappa shape index (κ2) is 6.75. The average Bonchev–Trinajstić information content (AvgIpc) is 2.64. The minimum absolute atomic E-state index is 0.187. The lowest BCUT2D eigenvalue weighted by Crippen LogP contribution is -2.29. The highest BCUT2D eigenvalue weighted by Gasteiger charge is 2.19. The molecule has 1 aromatic heterocycles. The van der Waals surface area contributed by atoms with Crippen molar-refractivity contribution in [3.05, 3.63) is 74.2 Å². The fourth-order valence-corrected chi connectivity index (χ4v) is 3.26. The molecule has 0 spiro atoms. The second-order valence-corrected chi connectivity index (χ2v) is 6.70. The normalized spacial score (nSPS) is 11.3. The summed E-state index contributed by atoms with van der Waals surface area (Å²) in [5.41, 5.74) is 3.98. The number of aromatic amines is 1. The molecule has 7 heteroatoms. The predicted molar refractivity (Wildman–Crippen MR) is 103 cm³/mol. The van der Waals surface area contributed by atoms with Crippen LogP contribution in [-0.2, 0) is 13.0 Å². The molecule has 0 aliphatic carbocycles. The number of hydrogen-bond donors (Lipinski definition) is 1. The largest absolute Gasteiger partial charge is 0.349 e. The summed E-state index contributed by atoms with van der Waals surface area (Å²) < 4.78 is 1.93. The van der Waals surface area contributed by atoms with E-state index < -0.39 is 11.2 Å². The number of hydrogen-bond acceptors (Lipinski definition) is 5. The van der Waals surface area contributed by atoms with Crippen LogP contribution in [0.4, 0.5) is 0 Å². The Kier molecular flexibility index (Phi) is 4.27. The standard InChI is InChI=1S/C20H19N5O2/c1-12-9-15-16(10-13(12)2)25(8-4-6-14-5-3-7-21-11-14)18-17(22-15)19(26)24-20(27)23-18/h3,5,7,9-11H,4,6,8H2,1-2H3,(H,24,26,27). The van der Waals surface area contributed by atoms with Crippen LogP contribution in [0, 0.1) is 13.8 Å². The topological polar surface area (TPSA) is 93.5 Å². The number of fused-ring (bicyclic) bond motifs is 2. The number of pyridine rings is 1. The molecule has 0 saturated carbocycles. The SMILES string of the molecule is Cc1cc2nc3c(=O)[nH]c(=O)nc-3n(CCCc3cccnc3)c2cc1C. The first-order chi connectivity index (χ1) is 13.0. The molecule has 1 aromatic carbocycles. The zero-order valence-electron chi connectivity index (χ0n) is 15.2. The number of rotatable bonds is 4. The van der Waals surface area contributed by atoms with Gasteiger partial charge in [-0.3, -0.25) is 14.8 Å². The molecule has 0 unspecified atom stereocenters.